The third-order valence-electron chi connectivity index (χ3n) is 1.64. The van der Waals surface area contributed by atoms with Crippen LogP contribution in [0.4, 0.5) is 0 Å². The van der Waals surface area contributed by atoms with Crippen LogP contribution < -0.4 is 0 Å². The summed E-state index contributed by atoms with van der Waals surface area (Å²) in [6.07, 6.45) is 9.32. The first-order valence-corrected chi connectivity index (χ1v) is 9.17. The van der Waals surface area contributed by atoms with Crippen LogP contribution in [0.3, 0.4) is 0 Å². The van der Waals surface area contributed by atoms with Crippen molar-refractivity contribution < 1.29 is 8.94 Å². The molecule has 0 amide bonds. The lowest BCUT2D eigenvalue weighted by Crippen LogP contribution is -1.66. The molecule has 3 heteroatoms. The summed E-state index contributed by atoms with van der Waals surface area (Å²) < 4.78 is 8.92. The zero-order valence-corrected chi connectivity index (χ0v) is 17.5. The Morgan fingerprint density at radius 2 is 1.16 bits per heavy atom. The van der Waals surface area contributed by atoms with E-state index in [1.165, 1.54) is 19.1 Å². The van der Waals surface area contributed by atoms with E-state index in [9.17, 15) is 0 Å². The van der Waals surface area contributed by atoms with Crippen LogP contribution in [-0.4, -0.2) is 5.16 Å². The van der Waals surface area contributed by atoms with Gasteiger partial charge in [-0.2, -0.15) is 0 Å². The van der Waals surface area contributed by atoms with Gasteiger partial charge in [0.2, 0.25) is 0 Å². The van der Waals surface area contributed by atoms with E-state index in [2.05, 4.69) is 62.6 Å². The van der Waals surface area contributed by atoms with Gasteiger partial charge >= 0.3 is 0 Å². The van der Waals surface area contributed by atoms with Crippen molar-refractivity contribution >= 4 is 0 Å². The van der Waals surface area contributed by atoms with E-state index < -0.39 is 0 Å². The van der Waals surface area contributed by atoms with Gasteiger partial charge in [0.25, 0.3) is 0 Å². The second-order valence-corrected chi connectivity index (χ2v) is 6.63. The SMILES string of the molecule is C.CC.CC(C)C.CC(C)C.CC1CC1.c1ccoc1.c1cnoc1. The highest BCUT2D eigenvalue weighted by molar-refractivity contribution is 4.79. The molecule has 0 atom stereocenters. The number of hydrogen-bond acceptors (Lipinski definition) is 3. The molecular formula is C22H45NO2. The van der Waals surface area contributed by atoms with E-state index in [-0.39, 0.29) is 7.43 Å². The third-order valence-corrected chi connectivity index (χ3v) is 1.64. The average Bonchev–Trinajstić information content (AvgIpc) is 3.05. The van der Waals surface area contributed by atoms with Crippen molar-refractivity contribution in [1.82, 2.24) is 5.16 Å². The van der Waals surface area contributed by atoms with Crippen molar-refractivity contribution in [3.63, 3.8) is 0 Å². The van der Waals surface area contributed by atoms with Crippen LogP contribution in [0, 0.1) is 17.8 Å². The molecule has 0 spiro atoms. The van der Waals surface area contributed by atoms with Gasteiger partial charge in [0.15, 0.2) is 0 Å². The van der Waals surface area contributed by atoms with E-state index in [1.54, 1.807) is 24.8 Å². The minimum atomic E-state index is 0. The van der Waals surface area contributed by atoms with Crippen LogP contribution in [0.5, 0.6) is 0 Å². The Hall–Kier alpha value is -1.51. The molecule has 0 aliphatic heterocycles. The smallest absolute Gasteiger partial charge is 0.123 e. The quantitative estimate of drug-likeness (QED) is 0.476. The maximum Gasteiger partial charge on any atom is 0.123 e. The summed E-state index contributed by atoms with van der Waals surface area (Å²) in [5.41, 5.74) is 0. The molecule has 1 aliphatic carbocycles. The molecule has 0 N–H and O–H groups in total. The lowest BCUT2D eigenvalue weighted by molar-refractivity contribution is 0.420. The molecule has 150 valence electrons. The van der Waals surface area contributed by atoms with Crippen molar-refractivity contribution in [2.45, 2.75) is 82.6 Å². The molecule has 2 aromatic rings. The van der Waals surface area contributed by atoms with Crippen LogP contribution in [0.15, 0.2) is 52.1 Å². The molecule has 3 rings (SSSR count). The topological polar surface area (TPSA) is 39.2 Å². The van der Waals surface area contributed by atoms with Crippen LogP contribution >= 0.6 is 0 Å². The lowest BCUT2D eigenvalue weighted by atomic mass is 10.3. The van der Waals surface area contributed by atoms with E-state index >= 15 is 0 Å². The van der Waals surface area contributed by atoms with Gasteiger partial charge in [-0.3, -0.25) is 0 Å². The summed E-state index contributed by atoms with van der Waals surface area (Å²) in [6.45, 7) is 19.3. The predicted octanol–water partition coefficient (Wildman–Crippen LogP) is 8.36. The van der Waals surface area contributed by atoms with Gasteiger partial charge in [0, 0.05) is 0 Å². The first-order chi connectivity index (χ1) is 11.4. The standard InChI is InChI=1S/C4H4O.C4H8.2C4H10.C3H3NO.C2H6.CH4/c1-2-4-5-3-1;1-4-2-3-4;2*1-4(2)3;1-2-4-5-3-1;1-2;/h1-4H;4H,2-3H2,1H3;2*4H,1-3H3;1-3H;1-2H3;1H4. The van der Waals surface area contributed by atoms with Crippen molar-refractivity contribution in [1.29, 1.82) is 0 Å². The van der Waals surface area contributed by atoms with Gasteiger partial charge in [0.1, 0.15) is 6.26 Å². The monoisotopic (exact) mass is 355 g/mol. The van der Waals surface area contributed by atoms with Gasteiger partial charge in [-0.1, -0.05) is 87.7 Å². The van der Waals surface area contributed by atoms with Gasteiger partial charge in [-0.05, 0) is 36.0 Å². The highest BCUT2D eigenvalue weighted by atomic mass is 16.5. The largest absolute Gasteiger partial charge is 0.473 e. The highest BCUT2D eigenvalue weighted by Crippen LogP contribution is 2.26. The maximum absolute atomic E-state index is 4.58. The Balaban J connectivity index is -0.000000107. The van der Waals surface area contributed by atoms with Crippen molar-refractivity contribution in [3.05, 3.63) is 43.2 Å². The van der Waals surface area contributed by atoms with Crippen LogP contribution in [0.2, 0.25) is 0 Å². The molecule has 25 heavy (non-hydrogen) atoms. The summed E-state index contributed by atoms with van der Waals surface area (Å²) >= 11 is 0. The minimum Gasteiger partial charge on any atom is -0.473 e. The second kappa shape index (κ2) is 27.3. The van der Waals surface area contributed by atoms with E-state index in [0.29, 0.717) is 0 Å². The van der Waals surface area contributed by atoms with E-state index in [0.717, 1.165) is 17.8 Å². The number of aromatic nitrogens is 1. The molecule has 0 saturated heterocycles. The van der Waals surface area contributed by atoms with Crippen LogP contribution in [0.25, 0.3) is 0 Å². The number of furan rings is 1. The van der Waals surface area contributed by atoms with Gasteiger partial charge in [-0.15, -0.1) is 0 Å². The number of hydrogen-bond donors (Lipinski definition) is 0. The normalized spacial score (nSPS) is 10.5. The molecule has 0 radical (unpaired) electrons. The minimum absolute atomic E-state index is 0. The fourth-order valence-electron chi connectivity index (χ4n) is 0.569. The fraction of sp³-hybridized carbons (Fsp3) is 0.682. The zero-order chi connectivity index (χ0) is 19.2. The summed E-state index contributed by atoms with van der Waals surface area (Å²) in [5, 5.41) is 3.35. The van der Waals surface area contributed by atoms with Gasteiger partial charge in [-0.25, -0.2) is 0 Å². The molecule has 2 heterocycles. The average molecular weight is 356 g/mol. The van der Waals surface area contributed by atoms with Crippen molar-refractivity contribution in [3.8, 4) is 0 Å². The Labute approximate surface area is 158 Å². The lowest BCUT2D eigenvalue weighted by Gasteiger charge is -1.79. The first-order valence-electron chi connectivity index (χ1n) is 9.17. The Morgan fingerprint density at radius 3 is 1.24 bits per heavy atom. The maximum atomic E-state index is 4.58. The summed E-state index contributed by atoms with van der Waals surface area (Å²) in [4.78, 5) is 0. The second-order valence-electron chi connectivity index (χ2n) is 6.63. The predicted molar refractivity (Wildman–Crippen MR) is 113 cm³/mol. The Kier molecular flexibility index (Phi) is 34.2. The molecule has 2 aromatic heterocycles. The number of nitrogens with zero attached hydrogens (tertiary/aromatic N) is 1. The van der Waals surface area contributed by atoms with Crippen LogP contribution in [0.1, 0.15) is 82.6 Å². The summed E-state index contributed by atoms with van der Waals surface area (Å²) in [7, 11) is 0. The Bertz CT molecular complexity index is 277. The third kappa shape index (κ3) is 71.5. The number of rotatable bonds is 0. The first kappa shape index (κ1) is 31.3. The summed E-state index contributed by atoms with van der Waals surface area (Å²) in [6, 6.07) is 5.39. The Morgan fingerprint density at radius 1 is 0.800 bits per heavy atom. The molecule has 0 aromatic carbocycles. The van der Waals surface area contributed by atoms with Crippen molar-refractivity contribution in [2.75, 3.05) is 0 Å². The summed E-state index contributed by atoms with van der Waals surface area (Å²) in [5.74, 6) is 2.75. The van der Waals surface area contributed by atoms with Gasteiger partial charge < -0.3 is 8.94 Å². The van der Waals surface area contributed by atoms with E-state index in [4.69, 9.17) is 0 Å². The van der Waals surface area contributed by atoms with Gasteiger partial charge in [0.05, 0.1) is 18.7 Å². The molecule has 0 unspecified atom stereocenters. The molecular weight excluding hydrogens is 310 g/mol. The van der Waals surface area contributed by atoms with Crippen LogP contribution in [-0.2, 0) is 0 Å². The highest BCUT2D eigenvalue weighted by Gasteiger charge is 2.12. The fourth-order valence-corrected chi connectivity index (χ4v) is 0.569. The molecule has 1 saturated carbocycles. The van der Waals surface area contributed by atoms with E-state index in [1.807, 2.05) is 26.0 Å². The molecule has 0 bridgehead atoms. The molecule has 3 nitrogen and oxygen atoms in total. The molecule has 1 fully saturated rings. The van der Waals surface area contributed by atoms with Crippen molar-refractivity contribution in [2.24, 2.45) is 17.8 Å². The zero-order valence-electron chi connectivity index (χ0n) is 17.5. The molecule has 1 aliphatic rings.